The van der Waals surface area contributed by atoms with Gasteiger partial charge in [-0.1, -0.05) is 6.08 Å². The molecule has 16 heavy (non-hydrogen) atoms. The fourth-order valence-corrected chi connectivity index (χ4v) is 1.89. The summed E-state index contributed by atoms with van der Waals surface area (Å²) in [5.74, 6) is -0.00270. The van der Waals surface area contributed by atoms with Crippen LogP contribution in [-0.2, 0) is 9.59 Å². The summed E-state index contributed by atoms with van der Waals surface area (Å²) in [5, 5.41) is 5.93. The molecule has 0 fully saturated rings. The number of carbonyl (C=O) groups excluding carboxylic acids is 2. The minimum absolute atomic E-state index is 0.0281. The van der Waals surface area contributed by atoms with Crippen molar-refractivity contribution in [3.63, 3.8) is 0 Å². The molecule has 0 aromatic carbocycles. The molecule has 1 amide bonds. The van der Waals surface area contributed by atoms with Gasteiger partial charge in [0.15, 0.2) is 5.78 Å². The summed E-state index contributed by atoms with van der Waals surface area (Å²) in [6.45, 7) is 2.10. The van der Waals surface area contributed by atoms with Gasteiger partial charge in [0, 0.05) is 19.7 Å². The van der Waals surface area contributed by atoms with Crippen LogP contribution in [0, 0.1) is 0 Å². The van der Waals surface area contributed by atoms with Crippen molar-refractivity contribution >= 4 is 11.7 Å². The second-order valence-electron chi connectivity index (χ2n) is 3.91. The number of hydrogen-bond donors (Lipinski definition) is 2. The monoisotopic (exact) mass is 218 g/mol. The molecular weight excluding hydrogens is 204 g/mol. The number of nitrogens with one attached hydrogen (secondary N) is 2. The maximum Gasteiger partial charge on any atom is 0.216 e. The van der Waals surface area contributed by atoms with Crippen LogP contribution in [0.4, 0.5) is 0 Å². The maximum absolute atomic E-state index is 11.2. The van der Waals surface area contributed by atoms with Crippen LogP contribution >= 0.6 is 0 Å². The molecule has 0 aromatic rings. The lowest BCUT2D eigenvalue weighted by Gasteiger charge is -2.14. The Hall–Kier alpha value is -1.84. The first-order valence-corrected chi connectivity index (χ1v) is 5.30. The lowest BCUT2D eigenvalue weighted by atomic mass is 9.95. The summed E-state index contributed by atoms with van der Waals surface area (Å²) in [4.78, 5) is 22.0. The SMILES string of the molecule is CC(=O)NCCC1=CNC2C=CC(=O)C=C12. The third-order valence-corrected chi connectivity index (χ3v) is 2.66. The van der Waals surface area contributed by atoms with Gasteiger partial charge in [0.25, 0.3) is 0 Å². The molecule has 0 bridgehead atoms. The van der Waals surface area contributed by atoms with Crippen LogP contribution in [-0.4, -0.2) is 24.3 Å². The van der Waals surface area contributed by atoms with E-state index in [1.54, 1.807) is 12.2 Å². The number of hydrogen-bond acceptors (Lipinski definition) is 3. The molecular formula is C12H14N2O2. The van der Waals surface area contributed by atoms with Crippen LogP contribution in [0.15, 0.2) is 35.6 Å². The lowest BCUT2D eigenvalue weighted by Crippen LogP contribution is -2.23. The molecule has 1 aliphatic carbocycles. The summed E-state index contributed by atoms with van der Waals surface area (Å²) >= 11 is 0. The number of rotatable bonds is 3. The molecule has 0 radical (unpaired) electrons. The molecule has 0 spiro atoms. The maximum atomic E-state index is 11.2. The summed E-state index contributed by atoms with van der Waals surface area (Å²) < 4.78 is 0. The number of allylic oxidation sites excluding steroid dienone is 2. The van der Waals surface area contributed by atoms with Crippen LogP contribution in [0.3, 0.4) is 0 Å². The van der Waals surface area contributed by atoms with Gasteiger partial charge in [-0.05, 0) is 29.7 Å². The van der Waals surface area contributed by atoms with Gasteiger partial charge in [0.1, 0.15) is 0 Å². The zero-order valence-electron chi connectivity index (χ0n) is 9.12. The van der Waals surface area contributed by atoms with E-state index >= 15 is 0 Å². The lowest BCUT2D eigenvalue weighted by molar-refractivity contribution is -0.119. The molecule has 0 saturated carbocycles. The van der Waals surface area contributed by atoms with Crippen molar-refractivity contribution in [3.8, 4) is 0 Å². The smallest absolute Gasteiger partial charge is 0.216 e. The Labute approximate surface area is 94.1 Å². The predicted octanol–water partition coefficient (Wildman–Crippen LogP) is 0.434. The first-order valence-electron chi connectivity index (χ1n) is 5.30. The second-order valence-corrected chi connectivity index (χ2v) is 3.91. The quantitative estimate of drug-likeness (QED) is 0.722. The van der Waals surface area contributed by atoms with E-state index in [0.29, 0.717) is 6.54 Å². The van der Waals surface area contributed by atoms with Crippen molar-refractivity contribution in [2.45, 2.75) is 19.4 Å². The van der Waals surface area contributed by atoms with E-state index in [2.05, 4.69) is 10.6 Å². The average Bonchev–Trinajstić information content (AvgIpc) is 2.60. The van der Waals surface area contributed by atoms with Gasteiger partial charge in [0.2, 0.25) is 5.91 Å². The average molecular weight is 218 g/mol. The van der Waals surface area contributed by atoms with Gasteiger partial charge >= 0.3 is 0 Å². The number of fused-ring (bicyclic) bond motifs is 1. The van der Waals surface area contributed by atoms with Gasteiger partial charge in [0.05, 0.1) is 6.04 Å². The third kappa shape index (κ3) is 2.21. The van der Waals surface area contributed by atoms with Crippen molar-refractivity contribution in [1.29, 1.82) is 0 Å². The van der Waals surface area contributed by atoms with E-state index in [-0.39, 0.29) is 17.7 Å². The van der Waals surface area contributed by atoms with Crippen molar-refractivity contribution in [1.82, 2.24) is 10.6 Å². The Balaban J connectivity index is 1.97. The van der Waals surface area contributed by atoms with Crippen LogP contribution in [0.25, 0.3) is 0 Å². The zero-order chi connectivity index (χ0) is 11.5. The molecule has 1 atom stereocenters. The van der Waals surface area contributed by atoms with Gasteiger partial charge in [-0.15, -0.1) is 0 Å². The van der Waals surface area contributed by atoms with E-state index in [4.69, 9.17) is 0 Å². The van der Waals surface area contributed by atoms with Crippen molar-refractivity contribution in [3.05, 3.63) is 35.6 Å². The Kier molecular flexibility index (Phi) is 2.90. The molecule has 84 valence electrons. The molecule has 2 rings (SSSR count). The highest BCUT2D eigenvalue weighted by molar-refractivity contribution is 6.02. The topological polar surface area (TPSA) is 58.2 Å². The Morgan fingerprint density at radius 3 is 3.12 bits per heavy atom. The molecule has 4 heteroatoms. The summed E-state index contributed by atoms with van der Waals surface area (Å²) in [6.07, 6.45) is 7.76. The molecule has 0 saturated heterocycles. The highest BCUT2D eigenvalue weighted by atomic mass is 16.1. The summed E-state index contributed by atoms with van der Waals surface area (Å²) in [5.41, 5.74) is 2.12. The van der Waals surface area contributed by atoms with Crippen molar-refractivity contribution < 1.29 is 9.59 Å². The Bertz CT molecular complexity index is 419. The van der Waals surface area contributed by atoms with Crippen LogP contribution in [0.2, 0.25) is 0 Å². The standard InChI is InChI=1S/C12H14N2O2/c1-8(15)13-5-4-9-7-14-12-3-2-10(16)6-11(9)12/h2-3,6-7,12,14H,4-5H2,1H3,(H,13,15). The van der Waals surface area contributed by atoms with Crippen LogP contribution < -0.4 is 10.6 Å². The largest absolute Gasteiger partial charge is 0.380 e. The van der Waals surface area contributed by atoms with Crippen LogP contribution in [0.5, 0.6) is 0 Å². The normalized spacial score (nSPS) is 22.1. The molecule has 2 N–H and O–H groups in total. The van der Waals surface area contributed by atoms with Gasteiger partial charge in [-0.3, -0.25) is 9.59 Å². The van der Waals surface area contributed by atoms with E-state index in [1.807, 2.05) is 12.3 Å². The van der Waals surface area contributed by atoms with Gasteiger partial charge < -0.3 is 10.6 Å². The van der Waals surface area contributed by atoms with Crippen molar-refractivity contribution in [2.75, 3.05) is 6.54 Å². The van der Waals surface area contributed by atoms with Gasteiger partial charge in [-0.25, -0.2) is 0 Å². The van der Waals surface area contributed by atoms with Gasteiger partial charge in [-0.2, -0.15) is 0 Å². The first-order chi connectivity index (χ1) is 7.66. The third-order valence-electron chi connectivity index (χ3n) is 2.66. The van der Waals surface area contributed by atoms with Crippen LogP contribution in [0.1, 0.15) is 13.3 Å². The minimum atomic E-state index is -0.0308. The van der Waals surface area contributed by atoms with Crippen molar-refractivity contribution in [2.24, 2.45) is 0 Å². The minimum Gasteiger partial charge on any atom is -0.380 e. The first kappa shape index (κ1) is 10.7. The van der Waals surface area contributed by atoms with E-state index < -0.39 is 0 Å². The molecule has 1 unspecified atom stereocenters. The van der Waals surface area contributed by atoms with E-state index in [1.165, 1.54) is 6.92 Å². The molecule has 1 heterocycles. The fourth-order valence-electron chi connectivity index (χ4n) is 1.89. The molecule has 1 aliphatic heterocycles. The van der Waals surface area contributed by atoms with E-state index in [0.717, 1.165) is 17.6 Å². The predicted molar refractivity (Wildman–Crippen MR) is 60.5 cm³/mol. The second kappa shape index (κ2) is 4.35. The fraction of sp³-hybridized carbons (Fsp3) is 0.333. The molecule has 2 aliphatic rings. The Morgan fingerprint density at radius 2 is 2.38 bits per heavy atom. The number of carbonyl (C=O) groups is 2. The van der Waals surface area contributed by atoms with E-state index in [9.17, 15) is 9.59 Å². The Morgan fingerprint density at radius 1 is 1.56 bits per heavy atom. The summed E-state index contributed by atoms with van der Waals surface area (Å²) in [6, 6.07) is 0.130. The summed E-state index contributed by atoms with van der Waals surface area (Å²) in [7, 11) is 0. The molecule has 0 aromatic heterocycles. The number of amides is 1. The highest BCUT2D eigenvalue weighted by Gasteiger charge is 2.23. The number of ketones is 1. The highest BCUT2D eigenvalue weighted by Crippen LogP contribution is 2.25. The zero-order valence-corrected chi connectivity index (χ0v) is 9.12. The molecule has 4 nitrogen and oxygen atoms in total.